The molecule has 0 aromatic rings. The van der Waals surface area contributed by atoms with E-state index in [0.717, 1.165) is 19.5 Å². The van der Waals surface area contributed by atoms with Gasteiger partial charge < -0.3 is 20.6 Å². The molecule has 4 N–H and O–H groups in total. The van der Waals surface area contributed by atoms with Gasteiger partial charge in [-0.2, -0.15) is 0 Å². The summed E-state index contributed by atoms with van der Waals surface area (Å²) in [4.78, 5) is 19.1. The lowest BCUT2D eigenvalue weighted by molar-refractivity contribution is -0.134. The predicted molar refractivity (Wildman–Crippen MR) is 47.9 cm³/mol. The van der Waals surface area contributed by atoms with E-state index in [-0.39, 0.29) is 6.10 Å². The Bertz CT molecular complexity index is 204. The maximum absolute atomic E-state index is 9.55. The fourth-order valence-corrected chi connectivity index (χ4v) is 0.782. The Hall–Kier alpha value is -1.40. The Morgan fingerprint density at radius 2 is 1.71 bits per heavy atom. The normalized spacial score (nSPS) is 20.2. The van der Waals surface area contributed by atoms with Gasteiger partial charge in [-0.3, -0.25) is 0 Å². The third-order valence-electron chi connectivity index (χ3n) is 1.40. The van der Waals surface area contributed by atoms with E-state index in [4.69, 9.17) is 15.3 Å². The highest BCUT2D eigenvalue weighted by Gasteiger charge is 2.08. The van der Waals surface area contributed by atoms with E-state index < -0.39 is 11.9 Å². The summed E-state index contributed by atoms with van der Waals surface area (Å²) in [6.45, 7) is 1.78. The van der Waals surface area contributed by atoms with Crippen molar-refractivity contribution in [3.63, 3.8) is 0 Å². The Morgan fingerprint density at radius 3 is 1.86 bits per heavy atom. The van der Waals surface area contributed by atoms with Crippen LogP contribution in [0.2, 0.25) is 0 Å². The third kappa shape index (κ3) is 8.69. The number of carboxylic acid groups (broad SMARTS) is 2. The summed E-state index contributed by atoms with van der Waals surface area (Å²) in [6, 6.07) is 0. The lowest BCUT2D eigenvalue weighted by Gasteiger charge is -1.90. The van der Waals surface area contributed by atoms with E-state index in [1.807, 2.05) is 0 Å². The molecular formula is C8H13NO5. The number of carboxylic acids is 2. The van der Waals surface area contributed by atoms with Crippen LogP contribution in [0.1, 0.15) is 6.42 Å². The van der Waals surface area contributed by atoms with Gasteiger partial charge in [0.05, 0.1) is 6.10 Å². The topological polar surface area (TPSA) is 107 Å². The van der Waals surface area contributed by atoms with Crippen molar-refractivity contribution in [3.05, 3.63) is 12.2 Å². The van der Waals surface area contributed by atoms with Crippen LogP contribution in [0.15, 0.2) is 12.2 Å². The van der Waals surface area contributed by atoms with Gasteiger partial charge in [-0.15, -0.1) is 0 Å². The summed E-state index contributed by atoms with van der Waals surface area (Å²) in [5.74, 6) is -2.51. The van der Waals surface area contributed by atoms with Crippen LogP contribution in [0, 0.1) is 0 Å². The first kappa shape index (κ1) is 12.6. The molecule has 6 heteroatoms. The molecule has 0 unspecified atom stereocenters. The molecule has 1 atom stereocenters. The number of aliphatic hydroxyl groups excluding tert-OH is 1. The molecule has 0 aliphatic carbocycles. The fraction of sp³-hybridized carbons (Fsp3) is 0.500. The molecule has 0 saturated carbocycles. The fourth-order valence-electron chi connectivity index (χ4n) is 0.782. The van der Waals surface area contributed by atoms with Crippen molar-refractivity contribution in [1.82, 2.24) is 5.32 Å². The number of β-amino-alcohol motifs (C(OH)–C–C–N with tert-alkyl or cyclic N) is 1. The van der Waals surface area contributed by atoms with Gasteiger partial charge in [0.2, 0.25) is 0 Å². The maximum atomic E-state index is 9.55. The summed E-state index contributed by atoms with van der Waals surface area (Å²) in [5, 5.41) is 27.3. The SMILES string of the molecule is O=C(O)/C=C\C(=O)O.O[C@@H]1CCNC1. The van der Waals surface area contributed by atoms with Crippen LogP contribution in [0.5, 0.6) is 0 Å². The summed E-state index contributed by atoms with van der Waals surface area (Å²) in [6.07, 6.45) is 1.98. The second-order valence-electron chi connectivity index (χ2n) is 2.66. The predicted octanol–water partition coefficient (Wildman–Crippen LogP) is -0.948. The maximum Gasteiger partial charge on any atom is 0.328 e. The van der Waals surface area contributed by atoms with Crippen molar-refractivity contribution in [2.45, 2.75) is 12.5 Å². The molecule has 0 aromatic heterocycles. The average molecular weight is 203 g/mol. The molecule has 1 fully saturated rings. The molecule has 80 valence electrons. The second kappa shape index (κ2) is 7.05. The molecule has 1 rings (SSSR count). The molecule has 0 aromatic carbocycles. The number of aliphatic hydroxyl groups is 1. The number of rotatable bonds is 2. The zero-order valence-corrected chi connectivity index (χ0v) is 7.51. The number of nitrogens with one attached hydrogen (secondary N) is 1. The summed E-state index contributed by atoms with van der Waals surface area (Å²) >= 11 is 0. The van der Waals surface area contributed by atoms with Gasteiger partial charge in [-0.05, 0) is 13.0 Å². The summed E-state index contributed by atoms with van der Waals surface area (Å²) in [5.41, 5.74) is 0. The second-order valence-corrected chi connectivity index (χ2v) is 2.66. The lowest BCUT2D eigenvalue weighted by atomic mass is 10.3. The van der Waals surface area contributed by atoms with Crippen LogP contribution in [0.25, 0.3) is 0 Å². The molecule has 1 heterocycles. The molecule has 6 nitrogen and oxygen atoms in total. The average Bonchev–Trinajstić information content (AvgIpc) is 2.53. The molecular weight excluding hydrogens is 190 g/mol. The first-order valence-corrected chi connectivity index (χ1v) is 4.05. The molecule has 1 aliphatic heterocycles. The first-order valence-electron chi connectivity index (χ1n) is 4.05. The van der Waals surface area contributed by atoms with Crippen molar-refractivity contribution in [3.8, 4) is 0 Å². The van der Waals surface area contributed by atoms with Gasteiger partial charge in [-0.25, -0.2) is 9.59 Å². The minimum atomic E-state index is -1.26. The van der Waals surface area contributed by atoms with Gasteiger partial charge in [-0.1, -0.05) is 0 Å². The summed E-state index contributed by atoms with van der Waals surface area (Å²) < 4.78 is 0. The quantitative estimate of drug-likeness (QED) is 0.431. The van der Waals surface area contributed by atoms with Crippen LogP contribution in [0.4, 0.5) is 0 Å². The molecule has 0 amide bonds. The Morgan fingerprint density at radius 1 is 1.21 bits per heavy atom. The standard InChI is InChI=1S/C4H9NO.C4H4O4/c6-4-1-2-5-3-4;5-3(6)1-2-4(7)8/h4-6H,1-3H2;1-2H,(H,5,6)(H,7,8)/b;2-1-/t4-;/m1./s1. The molecule has 1 saturated heterocycles. The number of aliphatic carboxylic acids is 2. The monoisotopic (exact) mass is 203 g/mol. The zero-order valence-electron chi connectivity index (χ0n) is 7.51. The van der Waals surface area contributed by atoms with Gasteiger partial charge in [0.25, 0.3) is 0 Å². The molecule has 1 aliphatic rings. The zero-order chi connectivity index (χ0) is 11.0. The van der Waals surface area contributed by atoms with Gasteiger partial charge in [0, 0.05) is 18.7 Å². The van der Waals surface area contributed by atoms with Crippen molar-refractivity contribution >= 4 is 11.9 Å². The van der Waals surface area contributed by atoms with E-state index in [2.05, 4.69) is 5.32 Å². The highest BCUT2D eigenvalue weighted by molar-refractivity contribution is 5.89. The van der Waals surface area contributed by atoms with Crippen molar-refractivity contribution < 1.29 is 24.9 Å². The van der Waals surface area contributed by atoms with Gasteiger partial charge >= 0.3 is 11.9 Å². The van der Waals surface area contributed by atoms with Crippen LogP contribution >= 0.6 is 0 Å². The van der Waals surface area contributed by atoms with Crippen molar-refractivity contribution in [2.75, 3.05) is 13.1 Å². The Labute approximate surface area is 80.9 Å². The molecule has 0 bridgehead atoms. The summed E-state index contributed by atoms with van der Waals surface area (Å²) in [7, 11) is 0. The van der Waals surface area contributed by atoms with Crippen LogP contribution in [-0.4, -0.2) is 46.5 Å². The van der Waals surface area contributed by atoms with Crippen molar-refractivity contribution in [1.29, 1.82) is 0 Å². The lowest BCUT2D eigenvalue weighted by Crippen LogP contribution is -2.11. The first-order chi connectivity index (χ1) is 6.52. The Kier molecular flexibility index (Phi) is 6.34. The van der Waals surface area contributed by atoms with Crippen LogP contribution in [-0.2, 0) is 9.59 Å². The van der Waals surface area contributed by atoms with Crippen LogP contribution in [0.3, 0.4) is 0 Å². The van der Waals surface area contributed by atoms with Crippen molar-refractivity contribution in [2.24, 2.45) is 0 Å². The minimum absolute atomic E-state index is 0.0648. The largest absolute Gasteiger partial charge is 0.478 e. The van der Waals surface area contributed by atoms with Crippen LogP contribution < -0.4 is 5.32 Å². The number of hydrogen-bond acceptors (Lipinski definition) is 4. The number of carbonyl (C=O) groups is 2. The highest BCUT2D eigenvalue weighted by atomic mass is 16.4. The molecule has 0 radical (unpaired) electrons. The third-order valence-corrected chi connectivity index (χ3v) is 1.40. The smallest absolute Gasteiger partial charge is 0.328 e. The Balaban J connectivity index is 0.000000249. The van der Waals surface area contributed by atoms with Gasteiger partial charge in [0.15, 0.2) is 0 Å². The van der Waals surface area contributed by atoms with E-state index in [1.54, 1.807) is 0 Å². The number of hydrogen-bond donors (Lipinski definition) is 4. The van der Waals surface area contributed by atoms with E-state index >= 15 is 0 Å². The van der Waals surface area contributed by atoms with Gasteiger partial charge in [0.1, 0.15) is 0 Å². The van der Waals surface area contributed by atoms with E-state index in [9.17, 15) is 9.59 Å². The minimum Gasteiger partial charge on any atom is -0.478 e. The highest BCUT2D eigenvalue weighted by Crippen LogP contribution is 1.93. The molecule has 14 heavy (non-hydrogen) atoms. The van der Waals surface area contributed by atoms with E-state index in [1.165, 1.54) is 0 Å². The van der Waals surface area contributed by atoms with E-state index in [0.29, 0.717) is 12.2 Å². The molecule has 0 spiro atoms.